The zero-order valence-corrected chi connectivity index (χ0v) is 13.9. The summed E-state index contributed by atoms with van der Waals surface area (Å²) in [5.41, 5.74) is 13.6. The van der Waals surface area contributed by atoms with Gasteiger partial charge < -0.3 is 16.6 Å². The Hall–Kier alpha value is -2.58. The lowest BCUT2D eigenvalue weighted by atomic mass is 10.1. The van der Waals surface area contributed by atoms with E-state index in [2.05, 4.69) is 15.7 Å². The molecule has 0 bridgehead atoms. The molecule has 1 atom stereocenters. The van der Waals surface area contributed by atoms with Gasteiger partial charge in [-0.05, 0) is 43.2 Å². The van der Waals surface area contributed by atoms with Crippen LogP contribution < -0.4 is 11.5 Å². The zero-order valence-electron chi connectivity index (χ0n) is 13.1. The topological polar surface area (TPSA) is 138 Å². The number of nitrogens with two attached hydrogens (primary N) is 2. The van der Waals surface area contributed by atoms with E-state index in [1.165, 1.54) is 6.21 Å². The highest BCUT2D eigenvalue weighted by Gasteiger charge is 2.13. The Morgan fingerprint density at radius 2 is 2.25 bits per heavy atom. The van der Waals surface area contributed by atoms with E-state index < -0.39 is 12.0 Å². The van der Waals surface area contributed by atoms with Gasteiger partial charge in [-0.2, -0.15) is 0 Å². The van der Waals surface area contributed by atoms with Crippen LogP contribution in [0.5, 0.6) is 0 Å². The number of carboxylic acids is 1. The van der Waals surface area contributed by atoms with Crippen LogP contribution in [0, 0.1) is 5.41 Å². The fraction of sp³-hybridized carbons (Fsp3) is 0.250. The summed E-state index contributed by atoms with van der Waals surface area (Å²) in [6, 6.07) is 5.28. The van der Waals surface area contributed by atoms with Crippen molar-refractivity contribution in [3.05, 3.63) is 35.3 Å². The van der Waals surface area contributed by atoms with Crippen LogP contribution in [0.25, 0.3) is 16.3 Å². The predicted octanol–water partition coefficient (Wildman–Crippen LogP) is 2.12. The van der Waals surface area contributed by atoms with E-state index in [0.29, 0.717) is 19.4 Å². The summed E-state index contributed by atoms with van der Waals surface area (Å²) in [5.74, 6) is -0.919. The highest BCUT2D eigenvalue weighted by Crippen LogP contribution is 2.19. The average molecular weight is 347 g/mol. The Labute approximate surface area is 144 Å². The monoisotopic (exact) mass is 347 g/mol. The smallest absolute Gasteiger partial charge is 0.328 e. The number of thiazole rings is 1. The van der Waals surface area contributed by atoms with E-state index in [1.54, 1.807) is 17.4 Å². The van der Waals surface area contributed by atoms with E-state index in [1.807, 2.05) is 29.8 Å². The number of fused-ring (bicyclic) bond motifs is 1. The van der Waals surface area contributed by atoms with Gasteiger partial charge in [-0.3, -0.25) is 10.4 Å². The molecule has 6 N–H and O–H groups in total. The molecule has 0 saturated carbocycles. The van der Waals surface area contributed by atoms with Crippen molar-refractivity contribution in [3.8, 4) is 0 Å². The van der Waals surface area contributed by atoms with Crippen molar-refractivity contribution in [2.24, 2.45) is 16.5 Å². The molecule has 1 aromatic carbocycles. The maximum Gasteiger partial charge on any atom is 0.328 e. The van der Waals surface area contributed by atoms with Crippen LogP contribution in [0.4, 0.5) is 0 Å². The molecular weight excluding hydrogens is 326 g/mol. The third kappa shape index (κ3) is 6.67. The van der Waals surface area contributed by atoms with Crippen molar-refractivity contribution in [2.75, 3.05) is 6.54 Å². The summed E-state index contributed by atoms with van der Waals surface area (Å²) < 4.78 is 1.15. The van der Waals surface area contributed by atoms with Gasteiger partial charge in [0.25, 0.3) is 0 Å². The largest absolute Gasteiger partial charge is 0.480 e. The Morgan fingerprint density at radius 1 is 1.50 bits per heavy atom. The van der Waals surface area contributed by atoms with Crippen molar-refractivity contribution in [1.29, 1.82) is 5.41 Å². The lowest BCUT2D eigenvalue weighted by Gasteiger charge is -2.04. The second-order valence-corrected chi connectivity index (χ2v) is 5.57. The normalized spacial score (nSPS) is 12.2. The second kappa shape index (κ2) is 11.0. The maximum atomic E-state index is 11.0. The molecule has 2 rings (SSSR count). The van der Waals surface area contributed by atoms with Gasteiger partial charge >= 0.3 is 5.97 Å². The van der Waals surface area contributed by atoms with Gasteiger partial charge in [-0.25, -0.2) is 9.78 Å². The number of carbonyl (C=O) groups is 1. The van der Waals surface area contributed by atoms with Crippen molar-refractivity contribution in [2.45, 2.75) is 18.9 Å². The Balaban J connectivity index is 0.000000891. The first kappa shape index (κ1) is 19.5. The average Bonchev–Trinajstić information content (AvgIpc) is 3.02. The third-order valence-corrected chi connectivity index (χ3v) is 3.77. The molecule has 1 aromatic heterocycles. The van der Waals surface area contributed by atoms with Gasteiger partial charge in [0.05, 0.1) is 22.1 Å². The zero-order chi connectivity index (χ0) is 17.8. The highest BCUT2D eigenvalue weighted by molar-refractivity contribution is 7.16. The second-order valence-electron chi connectivity index (χ2n) is 4.69. The summed E-state index contributed by atoms with van der Waals surface area (Å²) in [6.07, 6.45) is 7.01. The lowest BCUT2D eigenvalue weighted by molar-refractivity contribution is -0.138. The van der Waals surface area contributed by atoms with E-state index in [-0.39, 0.29) is 0 Å². The standard InChI is InChI=1S/C15H17N3O2S.CH4N2/c16-7-1-4-12(15(19)20)17-8-2-3-11-5-6-14-13(9-11)18-10-21-14;2-1-3/h2-3,5-6,8-10,12H,1,4,7,16H2,(H,19,20);1H,(H3,2,3)/b3-2+,17-8?;. The first-order chi connectivity index (χ1) is 11.6. The number of aromatic nitrogens is 1. The summed E-state index contributed by atoms with van der Waals surface area (Å²) in [5, 5.41) is 14.9. The van der Waals surface area contributed by atoms with Crippen LogP contribution in [0.15, 0.2) is 34.8 Å². The van der Waals surface area contributed by atoms with Crippen LogP contribution in [0.2, 0.25) is 0 Å². The number of nitrogens with one attached hydrogen (secondary N) is 1. The van der Waals surface area contributed by atoms with E-state index >= 15 is 0 Å². The minimum absolute atomic E-state index is 0.459. The molecule has 8 heteroatoms. The molecule has 0 saturated heterocycles. The molecule has 0 spiro atoms. The molecule has 7 nitrogen and oxygen atoms in total. The van der Waals surface area contributed by atoms with Crippen LogP contribution in [-0.4, -0.2) is 41.2 Å². The van der Waals surface area contributed by atoms with E-state index in [4.69, 9.17) is 16.2 Å². The summed E-state index contributed by atoms with van der Waals surface area (Å²) in [6.45, 7) is 0.475. The summed E-state index contributed by atoms with van der Waals surface area (Å²) in [4.78, 5) is 19.3. The van der Waals surface area contributed by atoms with Gasteiger partial charge in [0.1, 0.15) is 6.04 Å². The van der Waals surface area contributed by atoms with E-state index in [0.717, 1.165) is 22.1 Å². The summed E-state index contributed by atoms with van der Waals surface area (Å²) in [7, 11) is 0. The number of aliphatic imine (C=N–C) groups is 1. The summed E-state index contributed by atoms with van der Waals surface area (Å²) >= 11 is 1.60. The molecule has 0 fully saturated rings. The van der Waals surface area contributed by atoms with Crippen LogP contribution in [0.1, 0.15) is 18.4 Å². The minimum Gasteiger partial charge on any atom is -0.480 e. The SMILES string of the molecule is N=CN.NCCCC(N=C/C=C/c1ccc2scnc2c1)C(=O)O. The third-order valence-electron chi connectivity index (χ3n) is 2.96. The molecule has 0 aliphatic heterocycles. The molecule has 0 radical (unpaired) electrons. The van der Waals surface area contributed by atoms with Crippen molar-refractivity contribution in [3.63, 3.8) is 0 Å². The number of hydrogen-bond acceptors (Lipinski definition) is 6. The van der Waals surface area contributed by atoms with Crippen molar-refractivity contribution in [1.82, 2.24) is 4.98 Å². The molecule has 24 heavy (non-hydrogen) atoms. The number of aliphatic carboxylic acids is 1. The molecule has 128 valence electrons. The molecule has 0 amide bonds. The van der Waals surface area contributed by atoms with Gasteiger partial charge in [-0.1, -0.05) is 12.1 Å². The lowest BCUT2D eigenvalue weighted by Crippen LogP contribution is -2.19. The van der Waals surface area contributed by atoms with Crippen LogP contribution in [0.3, 0.4) is 0 Å². The molecule has 1 heterocycles. The number of benzene rings is 1. The van der Waals surface area contributed by atoms with Crippen molar-refractivity contribution >= 4 is 46.2 Å². The minimum atomic E-state index is -0.919. The Kier molecular flexibility index (Phi) is 8.95. The number of allylic oxidation sites excluding steroid dienone is 1. The molecule has 0 aliphatic carbocycles. The van der Waals surface area contributed by atoms with Gasteiger partial charge in [0.2, 0.25) is 0 Å². The van der Waals surface area contributed by atoms with Gasteiger partial charge in [0.15, 0.2) is 0 Å². The Bertz CT molecular complexity index is 711. The molecule has 1 unspecified atom stereocenters. The predicted molar refractivity (Wildman–Crippen MR) is 99.8 cm³/mol. The first-order valence-electron chi connectivity index (χ1n) is 7.29. The van der Waals surface area contributed by atoms with Gasteiger partial charge in [0, 0.05) is 6.21 Å². The first-order valence-corrected chi connectivity index (χ1v) is 8.17. The number of rotatable bonds is 7. The number of carboxylic acid groups (broad SMARTS) is 1. The Morgan fingerprint density at radius 3 is 2.92 bits per heavy atom. The van der Waals surface area contributed by atoms with E-state index in [9.17, 15) is 4.79 Å². The van der Waals surface area contributed by atoms with Gasteiger partial charge in [-0.15, -0.1) is 11.3 Å². The number of hydrogen-bond donors (Lipinski definition) is 4. The number of nitrogens with zero attached hydrogens (tertiary/aromatic N) is 2. The fourth-order valence-corrected chi connectivity index (χ4v) is 2.52. The molecular formula is C16H21N5O2S. The fourth-order valence-electron chi connectivity index (χ4n) is 1.86. The van der Waals surface area contributed by atoms with Crippen molar-refractivity contribution < 1.29 is 9.90 Å². The van der Waals surface area contributed by atoms with Crippen LogP contribution in [-0.2, 0) is 4.79 Å². The quantitative estimate of drug-likeness (QED) is 0.449. The molecule has 0 aliphatic rings. The molecule has 2 aromatic rings. The highest BCUT2D eigenvalue weighted by atomic mass is 32.1. The van der Waals surface area contributed by atoms with Crippen LogP contribution >= 0.6 is 11.3 Å². The maximum absolute atomic E-state index is 11.0.